The molecular weight excluding hydrogens is 705 g/mol. The molecule has 0 unspecified atom stereocenters. The largest absolute Gasteiger partial charge is 0.455 e. The van der Waals surface area contributed by atoms with Gasteiger partial charge in [0.05, 0.1) is 5.56 Å². The molecule has 12 aromatic rings. The summed E-state index contributed by atoms with van der Waals surface area (Å²) < 4.78 is 14.4. The minimum absolute atomic E-state index is 0.809. The van der Waals surface area contributed by atoms with Gasteiger partial charge in [0, 0.05) is 32.8 Å². The van der Waals surface area contributed by atoms with Crippen LogP contribution < -0.4 is 0 Å². The third kappa shape index (κ3) is 4.99. The molecule has 0 aliphatic rings. The molecule has 0 amide bonds. The lowest BCUT2D eigenvalue weighted by Gasteiger charge is -2.18. The van der Waals surface area contributed by atoms with Crippen LogP contribution in [0, 0.1) is 0 Å². The van der Waals surface area contributed by atoms with Crippen LogP contribution in [0.5, 0.6) is 0 Å². The van der Waals surface area contributed by atoms with Gasteiger partial charge in [-0.15, -0.1) is 0 Å². The van der Waals surface area contributed by atoms with Crippen LogP contribution in [0.1, 0.15) is 0 Å². The highest BCUT2D eigenvalue weighted by molar-refractivity contribution is 6.29. The van der Waals surface area contributed by atoms with E-state index < -0.39 is 0 Å². The topological polar surface area (TPSA) is 26.3 Å². The van der Waals surface area contributed by atoms with Gasteiger partial charge in [-0.2, -0.15) is 0 Å². The van der Waals surface area contributed by atoms with Crippen molar-refractivity contribution in [2.45, 2.75) is 0 Å². The first-order valence-corrected chi connectivity index (χ1v) is 19.8. The minimum atomic E-state index is 0.809. The third-order valence-electron chi connectivity index (χ3n) is 11.9. The Morgan fingerprint density at radius 2 is 0.724 bits per heavy atom. The lowest BCUT2D eigenvalue weighted by atomic mass is 9.84. The van der Waals surface area contributed by atoms with E-state index in [1.54, 1.807) is 0 Å². The van der Waals surface area contributed by atoms with Crippen molar-refractivity contribution in [3.05, 3.63) is 206 Å². The summed E-state index contributed by atoms with van der Waals surface area (Å²) in [5.74, 6) is 0.842. The molecule has 0 saturated heterocycles. The summed E-state index contributed by atoms with van der Waals surface area (Å²) >= 11 is 0. The van der Waals surface area contributed by atoms with Crippen LogP contribution in [0.15, 0.2) is 215 Å². The lowest BCUT2D eigenvalue weighted by Crippen LogP contribution is -1.92. The Hall–Kier alpha value is -7.68. The molecule has 0 atom stereocenters. The summed E-state index contributed by atoms with van der Waals surface area (Å²) in [6, 6.07) is 73.7. The molecule has 2 nitrogen and oxygen atoms in total. The fourth-order valence-electron chi connectivity index (χ4n) is 9.23. The number of fused-ring (bicyclic) bond motifs is 7. The van der Waals surface area contributed by atoms with E-state index in [9.17, 15) is 0 Å². The molecule has 2 heteroatoms. The molecule has 0 radical (unpaired) electrons. The molecule has 0 aliphatic heterocycles. The molecule has 0 fully saturated rings. The fourth-order valence-corrected chi connectivity index (χ4v) is 9.23. The maximum Gasteiger partial charge on any atom is 0.147 e. The van der Waals surface area contributed by atoms with E-state index in [0.29, 0.717) is 0 Å². The minimum Gasteiger partial charge on any atom is -0.455 e. The quantitative estimate of drug-likeness (QED) is 0.164. The number of benzene rings is 10. The smallest absolute Gasteiger partial charge is 0.147 e. The van der Waals surface area contributed by atoms with Gasteiger partial charge in [0.15, 0.2) is 0 Å². The number of hydrogen-bond donors (Lipinski definition) is 0. The molecule has 0 bridgehead atoms. The molecule has 58 heavy (non-hydrogen) atoms. The Bertz CT molecular complexity index is 3480. The molecular formula is C56H34O2. The molecule has 0 aliphatic carbocycles. The number of para-hydroxylation sites is 1. The van der Waals surface area contributed by atoms with Crippen LogP contribution in [0.3, 0.4) is 0 Å². The van der Waals surface area contributed by atoms with Crippen molar-refractivity contribution < 1.29 is 8.83 Å². The summed E-state index contributed by atoms with van der Waals surface area (Å²) in [5, 5.41) is 10.2. The maximum absolute atomic E-state index is 7.39. The van der Waals surface area contributed by atoms with Gasteiger partial charge in [0.2, 0.25) is 0 Å². The maximum atomic E-state index is 7.39. The molecule has 2 aromatic heterocycles. The van der Waals surface area contributed by atoms with Crippen LogP contribution in [0.2, 0.25) is 0 Å². The summed E-state index contributed by atoms with van der Waals surface area (Å²) in [6.07, 6.45) is 0. The Labute approximate surface area is 334 Å². The van der Waals surface area contributed by atoms with Gasteiger partial charge in [0.25, 0.3) is 0 Å². The summed E-state index contributed by atoms with van der Waals surface area (Å²) in [5.41, 5.74) is 12.5. The normalized spacial score (nSPS) is 11.8. The van der Waals surface area contributed by atoms with Gasteiger partial charge in [-0.05, 0) is 78.3 Å². The van der Waals surface area contributed by atoms with Crippen molar-refractivity contribution in [3.63, 3.8) is 0 Å². The lowest BCUT2D eigenvalue weighted by molar-refractivity contribution is 0.630. The zero-order valence-electron chi connectivity index (χ0n) is 31.4. The zero-order chi connectivity index (χ0) is 38.2. The molecule has 0 spiro atoms. The Kier molecular flexibility index (Phi) is 7.26. The highest BCUT2D eigenvalue weighted by atomic mass is 16.3. The van der Waals surface area contributed by atoms with Gasteiger partial charge in [0.1, 0.15) is 22.5 Å². The molecule has 2 heterocycles. The second-order valence-electron chi connectivity index (χ2n) is 15.1. The van der Waals surface area contributed by atoms with Crippen molar-refractivity contribution >= 4 is 65.2 Å². The summed E-state index contributed by atoms with van der Waals surface area (Å²) in [6.45, 7) is 0. The van der Waals surface area contributed by atoms with Gasteiger partial charge in [-0.3, -0.25) is 0 Å². The van der Waals surface area contributed by atoms with E-state index in [1.807, 2.05) is 6.07 Å². The second-order valence-corrected chi connectivity index (χ2v) is 15.1. The van der Waals surface area contributed by atoms with Gasteiger partial charge >= 0.3 is 0 Å². The van der Waals surface area contributed by atoms with E-state index in [4.69, 9.17) is 8.83 Å². The Morgan fingerprint density at radius 3 is 1.41 bits per heavy atom. The van der Waals surface area contributed by atoms with E-state index in [0.717, 1.165) is 77.3 Å². The van der Waals surface area contributed by atoms with Crippen molar-refractivity contribution in [1.29, 1.82) is 0 Å². The molecule has 12 rings (SSSR count). The van der Waals surface area contributed by atoms with Crippen LogP contribution in [0.25, 0.3) is 121 Å². The first kappa shape index (κ1) is 32.6. The van der Waals surface area contributed by atoms with Crippen LogP contribution in [-0.4, -0.2) is 0 Å². The molecule has 270 valence electrons. The predicted molar refractivity (Wildman–Crippen MR) is 243 cm³/mol. The highest BCUT2D eigenvalue weighted by Crippen LogP contribution is 2.53. The Balaban J connectivity index is 1.22. The van der Waals surface area contributed by atoms with Crippen molar-refractivity contribution in [2.24, 2.45) is 0 Å². The van der Waals surface area contributed by atoms with E-state index in [-0.39, 0.29) is 0 Å². The molecule has 0 N–H and O–H groups in total. The highest BCUT2D eigenvalue weighted by Gasteiger charge is 2.28. The number of hydrogen-bond acceptors (Lipinski definition) is 2. The average Bonchev–Trinajstić information content (AvgIpc) is 3.87. The van der Waals surface area contributed by atoms with Crippen LogP contribution in [-0.2, 0) is 0 Å². The van der Waals surface area contributed by atoms with Gasteiger partial charge in [-0.25, -0.2) is 0 Å². The van der Waals surface area contributed by atoms with Gasteiger partial charge < -0.3 is 8.83 Å². The van der Waals surface area contributed by atoms with Crippen molar-refractivity contribution in [2.75, 3.05) is 0 Å². The standard InChI is InChI=1S/C56H34O2/c1-3-15-35(16-4-1)37-27-30-39(31-28-37)50-43-22-9-11-24-45(43)52(46-25-12-10-23-44(46)50)53-55-47(42-21-13-14-26-49(42)57-55)34-48-51(38-18-5-2-6-19-38)54(58-56(48)53)41-32-29-36-17-7-8-20-40(36)33-41/h1-34H. The monoisotopic (exact) mass is 738 g/mol. The third-order valence-corrected chi connectivity index (χ3v) is 11.9. The number of rotatable bonds is 5. The zero-order valence-corrected chi connectivity index (χ0v) is 31.4. The summed E-state index contributed by atoms with van der Waals surface area (Å²) in [4.78, 5) is 0. The van der Waals surface area contributed by atoms with E-state index in [2.05, 4.69) is 200 Å². The molecule has 10 aromatic carbocycles. The first-order chi connectivity index (χ1) is 28.8. The molecule has 0 saturated carbocycles. The Morgan fingerprint density at radius 1 is 0.241 bits per heavy atom. The average molecular weight is 739 g/mol. The van der Waals surface area contributed by atoms with E-state index in [1.165, 1.54) is 43.8 Å². The summed E-state index contributed by atoms with van der Waals surface area (Å²) in [7, 11) is 0. The van der Waals surface area contributed by atoms with Crippen molar-refractivity contribution in [3.8, 4) is 55.8 Å². The van der Waals surface area contributed by atoms with E-state index >= 15 is 0 Å². The first-order valence-electron chi connectivity index (χ1n) is 19.8. The predicted octanol–water partition coefficient (Wildman–Crippen LogP) is 16.1. The second kappa shape index (κ2) is 12.9. The fraction of sp³-hybridized carbons (Fsp3) is 0. The van der Waals surface area contributed by atoms with Crippen LogP contribution >= 0.6 is 0 Å². The van der Waals surface area contributed by atoms with Crippen LogP contribution in [0.4, 0.5) is 0 Å². The SMILES string of the molecule is c1ccc(-c2ccc(-c3c4ccccc4c(-c4c5oc(-c6ccc7ccccc7c6)c(-c6ccccc6)c5cc5c4oc4ccccc45)c4ccccc34)cc2)cc1. The van der Waals surface area contributed by atoms with Crippen molar-refractivity contribution in [1.82, 2.24) is 0 Å². The number of furan rings is 2. The van der Waals surface area contributed by atoms with Gasteiger partial charge in [-0.1, -0.05) is 188 Å².